The lowest BCUT2D eigenvalue weighted by Gasteiger charge is -2.16. The minimum Gasteiger partial charge on any atom is -0.491 e. The van der Waals surface area contributed by atoms with Crippen LogP contribution in [0.5, 0.6) is 5.75 Å². The summed E-state index contributed by atoms with van der Waals surface area (Å²) in [5.41, 5.74) is 0. The highest BCUT2D eigenvalue weighted by Crippen LogP contribution is 2.16. The topological polar surface area (TPSA) is 93.1 Å². The summed E-state index contributed by atoms with van der Waals surface area (Å²) in [5.74, 6) is -1.36. The lowest BCUT2D eigenvalue weighted by molar-refractivity contribution is -0.151. The summed E-state index contributed by atoms with van der Waals surface area (Å²) in [5, 5.41) is 18.8. The lowest BCUT2D eigenvalue weighted by Crippen LogP contribution is -2.38. The van der Waals surface area contributed by atoms with Gasteiger partial charge in [0.05, 0.1) is 0 Å². The SMILES string of the molecule is O=C1OC(C(O)COc2ccccc2)C(=O)C1O. The number of carbonyl (C=O) groups excluding carboxylic acids is 2. The molecule has 1 heterocycles. The van der Waals surface area contributed by atoms with Crippen molar-refractivity contribution in [3.8, 4) is 5.75 Å². The third-order valence-electron chi connectivity index (χ3n) is 2.53. The van der Waals surface area contributed by atoms with Gasteiger partial charge in [0.25, 0.3) is 0 Å². The van der Waals surface area contributed by atoms with Crippen LogP contribution in [0.1, 0.15) is 0 Å². The molecule has 1 fully saturated rings. The van der Waals surface area contributed by atoms with E-state index in [-0.39, 0.29) is 6.61 Å². The van der Waals surface area contributed by atoms with Crippen LogP contribution in [0.4, 0.5) is 0 Å². The average Bonchev–Trinajstić information content (AvgIpc) is 2.65. The number of para-hydroxylation sites is 1. The largest absolute Gasteiger partial charge is 0.491 e. The minimum absolute atomic E-state index is 0.208. The van der Waals surface area contributed by atoms with Crippen molar-refractivity contribution < 1.29 is 29.3 Å². The van der Waals surface area contributed by atoms with E-state index in [1.165, 1.54) is 0 Å². The van der Waals surface area contributed by atoms with Gasteiger partial charge >= 0.3 is 5.97 Å². The molecule has 0 bridgehead atoms. The van der Waals surface area contributed by atoms with Gasteiger partial charge in [0, 0.05) is 0 Å². The summed E-state index contributed by atoms with van der Waals surface area (Å²) in [4.78, 5) is 22.3. The second-order valence-electron chi connectivity index (χ2n) is 3.85. The molecule has 2 N–H and O–H groups in total. The number of hydrogen-bond donors (Lipinski definition) is 2. The Morgan fingerprint density at radius 1 is 1.28 bits per heavy atom. The number of carbonyl (C=O) groups is 2. The van der Waals surface area contributed by atoms with Gasteiger partial charge in [-0.15, -0.1) is 0 Å². The van der Waals surface area contributed by atoms with E-state index in [0.717, 1.165) is 0 Å². The van der Waals surface area contributed by atoms with Crippen LogP contribution < -0.4 is 4.74 Å². The number of rotatable bonds is 4. The second-order valence-corrected chi connectivity index (χ2v) is 3.85. The fourth-order valence-corrected chi connectivity index (χ4v) is 1.57. The zero-order valence-electron chi connectivity index (χ0n) is 9.35. The molecule has 0 amide bonds. The number of Topliss-reactive ketones (excluding diaryl/α,β-unsaturated/α-hetero) is 1. The highest BCUT2D eigenvalue weighted by Gasteiger charge is 2.46. The molecule has 1 aromatic rings. The Balaban J connectivity index is 1.91. The van der Waals surface area contributed by atoms with Crippen molar-refractivity contribution in [3.63, 3.8) is 0 Å². The number of hydrogen-bond acceptors (Lipinski definition) is 6. The molecule has 96 valence electrons. The van der Waals surface area contributed by atoms with Crippen LogP contribution in [-0.4, -0.2) is 46.9 Å². The Kier molecular flexibility index (Phi) is 3.59. The van der Waals surface area contributed by atoms with Crippen LogP contribution in [0, 0.1) is 0 Å². The number of ether oxygens (including phenoxy) is 2. The molecule has 1 aliphatic rings. The van der Waals surface area contributed by atoms with E-state index in [2.05, 4.69) is 4.74 Å². The monoisotopic (exact) mass is 252 g/mol. The predicted molar refractivity (Wildman–Crippen MR) is 58.8 cm³/mol. The molecule has 1 saturated heterocycles. The maximum atomic E-state index is 11.4. The van der Waals surface area contributed by atoms with Crippen LogP contribution in [0.15, 0.2) is 30.3 Å². The maximum Gasteiger partial charge on any atom is 0.343 e. The third-order valence-corrected chi connectivity index (χ3v) is 2.53. The Morgan fingerprint density at radius 2 is 1.94 bits per heavy atom. The van der Waals surface area contributed by atoms with E-state index in [4.69, 9.17) is 9.84 Å². The first-order chi connectivity index (χ1) is 8.59. The number of aliphatic hydroxyl groups excluding tert-OH is 2. The summed E-state index contributed by atoms with van der Waals surface area (Å²) in [6, 6.07) is 8.69. The smallest absolute Gasteiger partial charge is 0.343 e. The van der Waals surface area contributed by atoms with Crippen molar-refractivity contribution in [2.24, 2.45) is 0 Å². The molecular formula is C12H12O6. The average molecular weight is 252 g/mol. The summed E-state index contributed by atoms with van der Waals surface area (Å²) >= 11 is 0. The van der Waals surface area contributed by atoms with Crippen molar-refractivity contribution >= 4 is 11.8 Å². The molecule has 3 atom stereocenters. The molecule has 18 heavy (non-hydrogen) atoms. The van der Waals surface area contributed by atoms with Crippen LogP contribution in [0.3, 0.4) is 0 Å². The number of aliphatic hydroxyl groups is 2. The number of esters is 1. The maximum absolute atomic E-state index is 11.4. The van der Waals surface area contributed by atoms with Gasteiger partial charge in [-0.1, -0.05) is 18.2 Å². The molecule has 1 aromatic carbocycles. The molecule has 6 heteroatoms. The van der Waals surface area contributed by atoms with Crippen LogP contribution in [0.2, 0.25) is 0 Å². The predicted octanol–water partition coefficient (Wildman–Crippen LogP) is -0.718. The third kappa shape index (κ3) is 2.49. The van der Waals surface area contributed by atoms with Gasteiger partial charge in [-0.3, -0.25) is 4.79 Å². The molecule has 0 aliphatic carbocycles. The Morgan fingerprint density at radius 3 is 2.50 bits per heavy atom. The quantitative estimate of drug-likeness (QED) is 0.542. The number of ketones is 1. The fourth-order valence-electron chi connectivity index (χ4n) is 1.57. The summed E-state index contributed by atoms with van der Waals surface area (Å²) in [6.07, 6.45) is -4.48. The lowest BCUT2D eigenvalue weighted by atomic mass is 10.1. The zero-order valence-corrected chi connectivity index (χ0v) is 9.35. The van der Waals surface area contributed by atoms with Crippen molar-refractivity contribution in [2.75, 3.05) is 6.61 Å². The van der Waals surface area contributed by atoms with Crippen molar-refractivity contribution in [3.05, 3.63) is 30.3 Å². The molecule has 1 aliphatic heterocycles. The van der Waals surface area contributed by atoms with Gasteiger partial charge in [0.15, 0.2) is 6.10 Å². The number of cyclic esters (lactones) is 1. The van der Waals surface area contributed by atoms with Gasteiger partial charge in [-0.2, -0.15) is 0 Å². The molecule has 6 nitrogen and oxygen atoms in total. The first kappa shape index (κ1) is 12.5. The fraction of sp³-hybridized carbons (Fsp3) is 0.333. The van der Waals surface area contributed by atoms with Crippen molar-refractivity contribution in [1.29, 1.82) is 0 Å². The molecule has 2 rings (SSSR count). The minimum atomic E-state index is -1.80. The molecule has 3 unspecified atom stereocenters. The van der Waals surface area contributed by atoms with Crippen LogP contribution in [-0.2, 0) is 14.3 Å². The summed E-state index contributed by atoms with van der Waals surface area (Å²) in [7, 11) is 0. The summed E-state index contributed by atoms with van der Waals surface area (Å²) in [6.45, 7) is -0.208. The van der Waals surface area contributed by atoms with E-state index in [1.807, 2.05) is 6.07 Å². The molecule has 0 spiro atoms. The normalized spacial score (nSPS) is 24.8. The van der Waals surface area contributed by atoms with E-state index in [1.54, 1.807) is 24.3 Å². The Hall–Kier alpha value is -1.92. The second kappa shape index (κ2) is 5.16. The Labute approximate surface area is 103 Å². The standard InChI is InChI=1S/C12H12O6/c13-8(6-17-7-4-2-1-3-5-7)11-9(14)10(15)12(16)18-11/h1-5,8,10-11,13,15H,6H2. The van der Waals surface area contributed by atoms with Gasteiger partial charge in [-0.05, 0) is 12.1 Å². The van der Waals surface area contributed by atoms with Crippen molar-refractivity contribution in [2.45, 2.75) is 18.3 Å². The van der Waals surface area contributed by atoms with E-state index < -0.39 is 30.1 Å². The highest BCUT2D eigenvalue weighted by molar-refractivity contribution is 6.09. The van der Waals surface area contributed by atoms with E-state index in [9.17, 15) is 14.7 Å². The first-order valence-electron chi connectivity index (χ1n) is 5.38. The van der Waals surface area contributed by atoms with Crippen molar-refractivity contribution in [1.82, 2.24) is 0 Å². The zero-order chi connectivity index (χ0) is 13.1. The summed E-state index contributed by atoms with van der Waals surface area (Å²) < 4.78 is 9.79. The molecular weight excluding hydrogens is 240 g/mol. The molecule has 0 saturated carbocycles. The van der Waals surface area contributed by atoms with Crippen LogP contribution in [0.25, 0.3) is 0 Å². The number of benzene rings is 1. The Bertz CT molecular complexity index is 443. The van der Waals surface area contributed by atoms with Gasteiger partial charge in [-0.25, -0.2) is 4.79 Å². The molecule has 0 radical (unpaired) electrons. The molecule has 0 aromatic heterocycles. The van der Waals surface area contributed by atoms with Gasteiger partial charge < -0.3 is 19.7 Å². The first-order valence-corrected chi connectivity index (χ1v) is 5.38. The van der Waals surface area contributed by atoms with E-state index in [0.29, 0.717) is 5.75 Å². The van der Waals surface area contributed by atoms with Crippen LogP contribution >= 0.6 is 0 Å². The highest BCUT2D eigenvalue weighted by atomic mass is 16.6. The van der Waals surface area contributed by atoms with Gasteiger partial charge in [0.1, 0.15) is 18.5 Å². The van der Waals surface area contributed by atoms with Gasteiger partial charge in [0.2, 0.25) is 11.9 Å². The van der Waals surface area contributed by atoms with E-state index >= 15 is 0 Å².